The van der Waals surface area contributed by atoms with Gasteiger partial charge in [0.05, 0.1) is 22.1 Å². The van der Waals surface area contributed by atoms with Gasteiger partial charge in [-0.2, -0.15) is 0 Å². The normalized spacial score (nSPS) is 27.2. The molecule has 2 aliphatic rings. The zero-order valence-electron chi connectivity index (χ0n) is 11.9. The van der Waals surface area contributed by atoms with Crippen LogP contribution in [0.5, 0.6) is 0 Å². The number of likely N-dealkylation sites (tertiary alicyclic amines) is 1. The fourth-order valence-electron chi connectivity index (χ4n) is 3.27. The van der Waals surface area contributed by atoms with Crippen LogP contribution >= 0.6 is 0 Å². The number of carbonyl (C=O) groups is 1. The van der Waals surface area contributed by atoms with Crippen LogP contribution in [0.15, 0.2) is 29.2 Å². The first-order valence-electron chi connectivity index (χ1n) is 7.13. The van der Waals surface area contributed by atoms with Crippen LogP contribution in [-0.2, 0) is 14.6 Å². The van der Waals surface area contributed by atoms with E-state index in [4.69, 9.17) is 0 Å². The summed E-state index contributed by atoms with van der Waals surface area (Å²) in [6.07, 6.45) is 1.11. The highest BCUT2D eigenvalue weighted by Gasteiger charge is 2.43. The fourth-order valence-corrected chi connectivity index (χ4v) is 5.11. The van der Waals surface area contributed by atoms with Crippen LogP contribution in [0, 0.1) is 5.41 Å². The van der Waals surface area contributed by atoms with Crippen molar-refractivity contribution in [1.82, 2.24) is 4.90 Å². The van der Waals surface area contributed by atoms with Gasteiger partial charge in [-0.15, -0.1) is 0 Å². The maximum atomic E-state index is 12.2. The first kappa shape index (κ1) is 14.5. The van der Waals surface area contributed by atoms with Crippen LogP contribution in [0.4, 0.5) is 0 Å². The van der Waals surface area contributed by atoms with Crippen LogP contribution in [0.2, 0.25) is 0 Å². The Morgan fingerprint density at radius 2 is 1.90 bits per heavy atom. The maximum absolute atomic E-state index is 12.2. The summed E-state index contributed by atoms with van der Waals surface area (Å²) in [4.78, 5) is 13.8. The molecule has 0 saturated carbocycles. The van der Waals surface area contributed by atoms with Crippen LogP contribution in [0.25, 0.3) is 0 Å². The summed E-state index contributed by atoms with van der Waals surface area (Å²) in [5.41, 5.74) is 0.171. The Balaban J connectivity index is 1.84. The minimum atomic E-state index is -3.21. The molecule has 0 amide bonds. The van der Waals surface area contributed by atoms with Gasteiger partial charge in [0.2, 0.25) is 0 Å². The predicted molar refractivity (Wildman–Crippen MR) is 77.8 cm³/mol. The second-order valence-electron chi connectivity index (χ2n) is 6.24. The van der Waals surface area contributed by atoms with Gasteiger partial charge in [-0.1, -0.05) is 18.2 Å². The lowest BCUT2D eigenvalue weighted by Gasteiger charge is -2.39. The van der Waals surface area contributed by atoms with Crippen molar-refractivity contribution in [3.8, 4) is 0 Å². The Kier molecular flexibility index (Phi) is 3.33. The number of fused-ring (bicyclic) bond motifs is 1. The van der Waals surface area contributed by atoms with E-state index in [-0.39, 0.29) is 11.8 Å². The lowest BCUT2D eigenvalue weighted by Crippen LogP contribution is -2.44. The Bertz CT molecular complexity index is 675. The van der Waals surface area contributed by atoms with Crippen molar-refractivity contribution in [2.75, 3.05) is 18.8 Å². The molecule has 2 aliphatic heterocycles. The van der Waals surface area contributed by atoms with Gasteiger partial charge in [0.1, 0.15) is 0 Å². The molecule has 1 aromatic carbocycles. The molecule has 5 nitrogen and oxygen atoms in total. The molecule has 0 bridgehead atoms. The molecule has 0 aromatic heterocycles. The van der Waals surface area contributed by atoms with Crippen molar-refractivity contribution in [2.24, 2.45) is 5.41 Å². The third-order valence-electron chi connectivity index (χ3n) is 4.85. The first-order chi connectivity index (χ1) is 9.83. The lowest BCUT2D eigenvalue weighted by molar-refractivity contribution is -0.151. The number of carboxylic acid groups (broad SMARTS) is 1. The molecule has 1 unspecified atom stereocenters. The number of hydrogen-bond donors (Lipinski definition) is 1. The zero-order chi connectivity index (χ0) is 15.3. The molecule has 0 spiro atoms. The highest BCUT2D eigenvalue weighted by atomic mass is 32.2. The number of benzene rings is 1. The monoisotopic (exact) mass is 309 g/mol. The minimum absolute atomic E-state index is 0.107. The summed E-state index contributed by atoms with van der Waals surface area (Å²) in [5, 5.41) is 9.28. The summed E-state index contributed by atoms with van der Waals surface area (Å²) in [7, 11) is -3.21. The molecule has 1 aromatic rings. The van der Waals surface area contributed by atoms with Crippen molar-refractivity contribution in [2.45, 2.75) is 30.7 Å². The number of nitrogens with zero attached hydrogens (tertiary/aromatic N) is 1. The average molecular weight is 309 g/mol. The number of carboxylic acids is 1. The molecule has 21 heavy (non-hydrogen) atoms. The van der Waals surface area contributed by atoms with Crippen LogP contribution in [0.1, 0.15) is 31.4 Å². The van der Waals surface area contributed by atoms with Gasteiger partial charge in [-0.3, -0.25) is 9.69 Å². The third-order valence-corrected chi connectivity index (χ3v) is 6.65. The van der Waals surface area contributed by atoms with Gasteiger partial charge < -0.3 is 5.11 Å². The molecule has 1 N–H and O–H groups in total. The highest BCUT2D eigenvalue weighted by Crippen LogP contribution is 2.40. The van der Waals surface area contributed by atoms with E-state index in [2.05, 4.69) is 4.90 Å². The van der Waals surface area contributed by atoms with Crippen LogP contribution < -0.4 is 0 Å². The lowest BCUT2D eigenvalue weighted by atomic mass is 9.80. The van der Waals surface area contributed by atoms with Crippen molar-refractivity contribution in [3.63, 3.8) is 0 Å². The minimum Gasteiger partial charge on any atom is -0.481 e. The van der Waals surface area contributed by atoms with E-state index < -0.39 is 21.2 Å². The van der Waals surface area contributed by atoms with E-state index in [9.17, 15) is 18.3 Å². The Morgan fingerprint density at radius 3 is 2.52 bits per heavy atom. The van der Waals surface area contributed by atoms with Crippen LogP contribution in [0.3, 0.4) is 0 Å². The van der Waals surface area contributed by atoms with Crippen molar-refractivity contribution in [3.05, 3.63) is 29.8 Å². The smallest absolute Gasteiger partial charge is 0.309 e. The number of rotatable bonds is 2. The Hall–Kier alpha value is -1.40. The first-order valence-corrected chi connectivity index (χ1v) is 8.78. The Labute approximate surface area is 124 Å². The van der Waals surface area contributed by atoms with E-state index in [0.29, 0.717) is 30.8 Å². The standard InChI is InChI=1S/C15H19NO4S/c1-15(14(17)18)6-8-16(9-7-15)12-10-21(19,20)13-5-3-2-4-11(12)13/h2-5,12H,6-10H2,1H3,(H,17,18). The average Bonchev–Trinajstić information content (AvgIpc) is 2.72. The summed E-state index contributed by atoms with van der Waals surface area (Å²) >= 11 is 0. The molecule has 6 heteroatoms. The number of hydrogen-bond acceptors (Lipinski definition) is 4. The van der Waals surface area contributed by atoms with Gasteiger partial charge in [0.25, 0.3) is 0 Å². The molecule has 1 atom stereocenters. The van der Waals surface area contributed by atoms with Crippen molar-refractivity contribution in [1.29, 1.82) is 0 Å². The van der Waals surface area contributed by atoms with Gasteiger partial charge in [-0.05, 0) is 44.5 Å². The molecule has 2 heterocycles. The van der Waals surface area contributed by atoms with E-state index in [1.807, 2.05) is 12.1 Å². The SMILES string of the molecule is CC1(C(=O)O)CCN(C2CS(=O)(=O)c3ccccc32)CC1. The Morgan fingerprint density at radius 1 is 1.29 bits per heavy atom. The highest BCUT2D eigenvalue weighted by molar-refractivity contribution is 7.91. The third kappa shape index (κ3) is 2.36. The van der Waals surface area contributed by atoms with E-state index >= 15 is 0 Å². The van der Waals surface area contributed by atoms with Crippen LogP contribution in [-0.4, -0.2) is 43.2 Å². The summed E-state index contributed by atoms with van der Waals surface area (Å²) < 4.78 is 24.4. The van der Waals surface area contributed by atoms with Crippen molar-refractivity contribution < 1.29 is 18.3 Å². The molecule has 114 valence electrons. The largest absolute Gasteiger partial charge is 0.481 e. The van der Waals surface area contributed by atoms with Crippen molar-refractivity contribution >= 4 is 15.8 Å². The van der Waals surface area contributed by atoms with Gasteiger partial charge in [-0.25, -0.2) is 8.42 Å². The van der Waals surface area contributed by atoms with Gasteiger partial charge in [0, 0.05) is 0 Å². The second-order valence-corrected chi connectivity index (χ2v) is 8.24. The van der Waals surface area contributed by atoms with E-state index in [1.165, 1.54) is 0 Å². The quantitative estimate of drug-likeness (QED) is 0.900. The number of sulfone groups is 1. The number of aliphatic carboxylic acids is 1. The predicted octanol–water partition coefficient (Wildman–Crippen LogP) is 1.70. The molecule has 0 aliphatic carbocycles. The molecule has 3 rings (SSSR count). The molecule has 1 saturated heterocycles. The fraction of sp³-hybridized carbons (Fsp3) is 0.533. The number of piperidine rings is 1. The summed E-state index contributed by atoms with van der Waals surface area (Å²) in [5.74, 6) is -0.655. The maximum Gasteiger partial charge on any atom is 0.309 e. The van der Waals surface area contributed by atoms with Gasteiger partial charge in [0.15, 0.2) is 9.84 Å². The second kappa shape index (κ2) is 4.81. The molecular formula is C15H19NO4S. The van der Waals surface area contributed by atoms with Gasteiger partial charge >= 0.3 is 5.97 Å². The molecule has 0 radical (unpaired) electrons. The summed E-state index contributed by atoms with van der Waals surface area (Å²) in [6.45, 7) is 3.01. The molecular weight excluding hydrogens is 290 g/mol. The molecule has 1 fully saturated rings. The van der Waals surface area contributed by atoms with E-state index in [0.717, 1.165) is 5.56 Å². The topological polar surface area (TPSA) is 74.7 Å². The summed E-state index contributed by atoms with van der Waals surface area (Å²) in [6, 6.07) is 7.00. The zero-order valence-corrected chi connectivity index (χ0v) is 12.8. The van der Waals surface area contributed by atoms with E-state index in [1.54, 1.807) is 19.1 Å².